The molecule has 5 rings (SSSR count). The van der Waals surface area contributed by atoms with Crippen LogP contribution in [0.3, 0.4) is 0 Å². The molecular weight excluding hydrogens is 491 g/mol. The van der Waals surface area contributed by atoms with Gasteiger partial charge in [-0.3, -0.25) is 14.8 Å². The number of nitrogens with zero attached hydrogens (tertiary/aromatic N) is 4. The number of thioether (sulfide) groups is 1. The molecule has 0 saturated heterocycles. The lowest BCUT2D eigenvalue weighted by molar-refractivity contribution is 0.0943. The fourth-order valence-electron chi connectivity index (χ4n) is 4.73. The number of fused-ring (bicyclic) bond motifs is 2. The monoisotopic (exact) mass is 515 g/mol. The van der Waals surface area contributed by atoms with E-state index >= 15 is 0 Å². The third kappa shape index (κ3) is 4.02. The molecule has 4 N–H and O–H groups in total. The molecule has 1 aliphatic carbocycles. The zero-order valence-corrected chi connectivity index (χ0v) is 20.5. The van der Waals surface area contributed by atoms with Crippen molar-refractivity contribution in [1.82, 2.24) is 20.3 Å². The van der Waals surface area contributed by atoms with Crippen molar-refractivity contribution < 1.29 is 18.0 Å². The number of anilines is 2. The standard InChI is InChI=1S/C24H24F3N7OS/c1-11(2)32-20(35)13-6-12-4-5-29-19(17(12)30-9-13)33-14-7-15(18(25)31-10-14)23(3)16-8-24(16,21(26)27)36-22(28)34-23/h4-7,9-11,16,21H,8H2,1-3H3,(H2,28,34)(H,29,33)(H,32,35)/t16?,23-,24+/m1/s1. The minimum atomic E-state index is -2.61. The van der Waals surface area contributed by atoms with Crippen molar-refractivity contribution in [3.63, 3.8) is 0 Å². The van der Waals surface area contributed by atoms with E-state index in [-0.39, 0.29) is 29.1 Å². The van der Waals surface area contributed by atoms with Gasteiger partial charge in [-0.2, -0.15) is 4.39 Å². The molecule has 0 aromatic carbocycles. The average molecular weight is 516 g/mol. The van der Waals surface area contributed by atoms with Crippen molar-refractivity contribution in [2.75, 3.05) is 5.32 Å². The predicted molar refractivity (Wildman–Crippen MR) is 133 cm³/mol. The number of pyridine rings is 3. The first-order valence-corrected chi connectivity index (χ1v) is 12.2. The SMILES string of the molecule is CC(C)NC(=O)c1cnc2c(Nc3cnc(F)c([C@@]4(C)N=C(N)S[C@@]5(C(F)F)CC54)c3)nccc2c1. The van der Waals surface area contributed by atoms with Gasteiger partial charge in [0, 0.05) is 35.3 Å². The number of hydrogen-bond donors (Lipinski definition) is 3. The van der Waals surface area contributed by atoms with E-state index in [1.807, 2.05) is 13.8 Å². The lowest BCUT2D eigenvalue weighted by Gasteiger charge is -2.33. The van der Waals surface area contributed by atoms with Crippen LogP contribution in [0, 0.1) is 11.9 Å². The number of amidine groups is 1. The third-order valence-corrected chi connectivity index (χ3v) is 7.88. The van der Waals surface area contributed by atoms with Crippen LogP contribution in [0.25, 0.3) is 10.9 Å². The van der Waals surface area contributed by atoms with E-state index in [9.17, 15) is 18.0 Å². The molecule has 12 heteroatoms. The Hall–Kier alpha value is -3.41. The Labute approximate surface area is 209 Å². The third-order valence-electron chi connectivity index (χ3n) is 6.57. The van der Waals surface area contributed by atoms with E-state index < -0.39 is 28.6 Å². The summed E-state index contributed by atoms with van der Waals surface area (Å²) in [5, 5.41) is 6.58. The van der Waals surface area contributed by atoms with Crippen LogP contribution in [-0.2, 0) is 5.54 Å². The van der Waals surface area contributed by atoms with Crippen LogP contribution in [0.1, 0.15) is 43.1 Å². The highest BCUT2D eigenvalue weighted by Gasteiger charge is 2.71. The summed E-state index contributed by atoms with van der Waals surface area (Å²) < 4.78 is 41.3. The van der Waals surface area contributed by atoms with E-state index in [0.717, 1.165) is 11.8 Å². The van der Waals surface area contributed by atoms with Crippen LogP contribution in [0.15, 0.2) is 41.8 Å². The summed E-state index contributed by atoms with van der Waals surface area (Å²) in [6.07, 6.45) is 1.85. The molecule has 1 fully saturated rings. The Kier molecular flexibility index (Phi) is 5.81. The number of nitrogens with one attached hydrogen (secondary N) is 2. The highest BCUT2D eigenvalue weighted by Crippen LogP contribution is 2.68. The number of hydrogen-bond acceptors (Lipinski definition) is 8. The van der Waals surface area contributed by atoms with Gasteiger partial charge in [0.2, 0.25) is 5.95 Å². The second kappa shape index (κ2) is 8.61. The van der Waals surface area contributed by atoms with Crippen LogP contribution < -0.4 is 16.4 Å². The van der Waals surface area contributed by atoms with Crippen molar-refractivity contribution in [3.8, 4) is 0 Å². The quantitative estimate of drug-likeness (QED) is 0.418. The molecule has 1 unspecified atom stereocenters. The van der Waals surface area contributed by atoms with Crippen molar-refractivity contribution in [3.05, 3.63) is 53.9 Å². The average Bonchev–Trinajstić information content (AvgIpc) is 3.57. The lowest BCUT2D eigenvalue weighted by atomic mass is 9.86. The Morgan fingerprint density at radius 3 is 2.72 bits per heavy atom. The summed E-state index contributed by atoms with van der Waals surface area (Å²) in [5.74, 6) is -1.26. The normalized spacial score (nSPS) is 25.0. The Balaban J connectivity index is 1.48. The summed E-state index contributed by atoms with van der Waals surface area (Å²) in [4.78, 5) is 29.3. The second-order valence-corrected chi connectivity index (χ2v) is 10.9. The number of alkyl halides is 2. The molecule has 188 valence electrons. The molecule has 1 aliphatic heterocycles. The van der Waals surface area contributed by atoms with E-state index in [2.05, 4.69) is 30.6 Å². The van der Waals surface area contributed by atoms with Gasteiger partial charge in [0.25, 0.3) is 12.3 Å². The fraction of sp³-hybridized carbons (Fsp3) is 0.375. The first-order chi connectivity index (χ1) is 17.0. The minimum Gasteiger partial charge on any atom is -0.378 e. The van der Waals surface area contributed by atoms with Gasteiger partial charge in [0.15, 0.2) is 11.0 Å². The van der Waals surface area contributed by atoms with Crippen molar-refractivity contribution in [1.29, 1.82) is 0 Å². The molecule has 36 heavy (non-hydrogen) atoms. The maximum Gasteiger partial charge on any atom is 0.253 e. The molecule has 0 radical (unpaired) electrons. The summed E-state index contributed by atoms with van der Waals surface area (Å²) >= 11 is 0.861. The van der Waals surface area contributed by atoms with E-state index in [4.69, 9.17) is 5.73 Å². The first kappa shape index (κ1) is 24.3. The molecule has 3 aromatic rings. The maximum absolute atomic E-state index is 14.9. The van der Waals surface area contributed by atoms with Crippen LogP contribution in [0.5, 0.6) is 0 Å². The number of amides is 1. The zero-order valence-electron chi connectivity index (χ0n) is 19.7. The zero-order chi connectivity index (χ0) is 25.8. The smallest absolute Gasteiger partial charge is 0.253 e. The molecule has 3 atom stereocenters. The molecule has 0 spiro atoms. The number of carbonyl (C=O) groups is 1. The highest BCUT2D eigenvalue weighted by atomic mass is 32.2. The van der Waals surface area contributed by atoms with Gasteiger partial charge in [0.05, 0.1) is 27.7 Å². The Morgan fingerprint density at radius 1 is 1.22 bits per heavy atom. The molecule has 0 bridgehead atoms. The summed E-state index contributed by atoms with van der Waals surface area (Å²) in [6, 6.07) is 4.91. The molecule has 1 saturated carbocycles. The van der Waals surface area contributed by atoms with Gasteiger partial charge in [-0.05, 0) is 45.4 Å². The van der Waals surface area contributed by atoms with E-state index in [1.165, 1.54) is 18.5 Å². The van der Waals surface area contributed by atoms with Crippen molar-refractivity contribution >= 4 is 45.2 Å². The minimum absolute atomic E-state index is 0.00143. The Bertz CT molecular complexity index is 1400. The number of carbonyl (C=O) groups excluding carboxylic acids is 1. The van der Waals surface area contributed by atoms with Gasteiger partial charge in [0.1, 0.15) is 5.52 Å². The molecule has 3 aromatic heterocycles. The number of aromatic nitrogens is 3. The molecule has 2 aliphatic rings. The summed E-state index contributed by atoms with van der Waals surface area (Å²) in [5.41, 5.74) is 5.96. The number of rotatable bonds is 6. The van der Waals surface area contributed by atoms with Gasteiger partial charge in [-0.15, -0.1) is 0 Å². The molecule has 1 amide bonds. The van der Waals surface area contributed by atoms with Crippen LogP contribution in [0.2, 0.25) is 0 Å². The van der Waals surface area contributed by atoms with E-state index in [1.54, 1.807) is 25.3 Å². The van der Waals surface area contributed by atoms with Crippen LogP contribution in [-0.4, -0.2) is 43.2 Å². The van der Waals surface area contributed by atoms with E-state index in [0.29, 0.717) is 28.0 Å². The predicted octanol–water partition coefficient (Wildman–Crippen LogP) is 4.35. The molecular formula is C24H24F3N7OS. The summed E-state index contributed by atoms with van der Waals surface area (Å²) in [7, 11) is 0. The first-order valence-electron chi connectivity index (χ1n) is 11.3. The van der Waals surface area contributed by atoms with Crippen molar-refractivity contribution in [2.24, 2.45) is 16.6 Å². The molecule has 4 heterocycles. The number of aliphatic imine (C=N–C) groups is 1. The molecule has 8 nitrogen and oxygen atoms in total. The highest BCUT2D eigenvalue weighted by molar-refractivity contribution is 8.15. The number of halogens is 3. The van der Waals surface area contributed by atoms with Crippen LogP contribution in [0.4, 0.5) is 24.7 Å². The maximum atomic E-state index is 14.9. The van der Waals surface area contributed by atoms with Gasteiger partial charge in [-0.25, -0.2) is 18.7 Å². The Morgan fingerprint density at radius 2 is 2.00 bits per heavy atom. The van der Waals surface area contributed by atoms with Gasteiger partial charge >= 0.3 is 0 Å². The largest absolute Gasteiger partial charge is 0.378 e. The summed E-state index contributed by atoms with van der Waals surface area (Å²) in [6.45, 7) is 5.35. The van der Waals surface area contributed by atoms with Crippen molar-refractivity contribution in [2.45, 2.75) is 49.9 Å². The lowest BCUT2D eigenvalue weighted by Crippen LogP contribution is -2.39. The van der Waals surface area contributed by atoms with Gasteiger partial charge in [-0.1, -0.05) is 11.8 Å². The topological polar surface area (TPSA) is 118 Å². The second-order valence-electron chi connectivity index (χ2n) is 9.48. The van der Waals surface area contributed by atoms with Gasteiger partial charge < -0.3 is 16.4 Å². The fourth-order valence-corrected chi connectivity index (χ4v) is 6.07. The number of nitrogens with two attached hydrogens (primary N) is 1. The van der Waals surface area contributed by atoms with Crippen LogP contribution >= 0.6 is 11.8 Å².